The third-order valence-corrected chi connectivity index (χ3v) is 2.92. The molecule has 0 saturated carbocycles. The molecule has 20 heavy (non-hydrogen) atoms. The van der Waals surface area contributed by atoms with E-state index in [1.165, 1.54) is 7.11 Å². The van der Waals surface area contributed by atoms with Gasteiger partial charge in [-0.25, -0.2) is 9.78 Å². The van der Waals surface area contributed by atoms with Crippen molar-refractivity contribution in [3.05, 3.63) is 11.8 Å². The van der Waals surface area contributed by atoms with Crippen molar-refractivity contribution in [2.24, 2.45) is 5.92 Å². The third kappa shape index (κ3) is 4.36. The number of hydrogen-bond acceptors (Lipinski definition) is 6. The zero-order valence-corrected chi connectivity index (χ0v) is 12.9. The van der Waals surface area contributed by atoms with Gasteiger partial charge in [0.25, 0.3) is 0 Å². The van der Waals surface area contributed by atoms with Crippen LogP contribution in [0.25, 0.3) is 0 Å². The Morgan fingerprint density at radius 1 is 1.45 bits per heavy atom. The molecule has 0 amide bonds. The largest absolute Gasteiger partial charge is 0.467 e. The first-order valence-electron chi connectivity index (χ1n) is 6.91. The molecular weight excluding hydrogens is 256 g/mol. The Hall–Kier alpha value is -1.85. The van der Waals surface area contributed by atoms with Crippen molar-refractivity contribution in [2.75, 3.05) is 24.3 Å². The third-order valence-electron chi connectivity index (χ3n) is 2.92. The van der Waals surface area contributed by atoms with E-state index in [1.54, 1.807) is 6.20 Å². The second kappa shape index (κ2) is 7.67. The molecule has 0 fully saturated rings. The fourth-order valence-corrected chi connectivity index (χ4v) is 1.68. The molecule has 1 unspecified atom stereocenters. The van der Waals surface area contributed by atoms with Crippen LogP contribution < -0.4 is 10.6 Å². The molecule has 0 radical (unpaired) electrons. The van der Waals surface area contributed by atoms with Gasteiger partial charge in [-0.05, 0) is 19.3 Å². The Balaban J connectivity index is 2.90. The highest BCUT2D eigenvalue weighted by Gasteiger charge is 2.24. The second-order valence-electron chi connectivity index (χ2n) is 5.04. The van der Waals surface area contributed by atoms with Crippen molar-refractivity contribution in [3.63, 3.8) is 0 Å². The van der Waals surface area contributed by atoms with Crippen LogP contribution in [0.3, 0.4) is 0 Å². The van der Waals surface area contributed by atoms with Crippen LogP contribution in [0.15, 0.2) is 6.20 Å². The van der Waals surface area contributed by atoms with Crippen molar-refractivity contribution in [1.29, 1.82) is 0 Å². The van der Waals surface area contributed by atoms with Crippen molar-refractivity contribution in [3.8, 4) is 0 Å². The summed E-state index contributed by atoms with van der Waals surface area (Å²) in [6, 6.07) is -0.423. The summed E-state index contributed by atoms with van der Waals surface area (Å²) in [5.74, 6) is 1.03. The Morgan fingerprint density at radius 3 is 2.70 bits per heavy atom. The standard InChI is InChI=1S/C14H24N4O2/c1-6-7-15-14-16-8-10(4)12(18-14)17-11(9(2)3)13(19)20-5/h8-9,11H,6-7H2,1-5H3,(H2,15,16,17,18). The Kier molecular flexibility index (Phi) is 6.21. The lowest BCUT2D eigenvalue weighted by Gasteiger charge is -2.21. The number of aromatic nitrogens is 2. The van der Waals surface area contributed by atoms with Crippen LogP contribution in [0.5, 0.6) is 0 Å². The molecular formula is C14H24N4O2. The van der Waals surface area contributed by atoms with Gasteiger partial charge in [0.15, 0.2) is 0 Å². The second-order valence-corrected chi connectivity index (χ2v) is 5.04. The molecule has 0 spiro atoms. The minimum absolute atomic E-state index is 0.101. The molecule has 0 bridgehead atoms. The summed E-state index contributed by atoms with van der Waals surface area (Å²) in [6.07, 6.45) is 2.73. The number of aryl methyl sites for hydroxylation is 1. The molecule has 2 N–H and O–H groups in total. The fourth-order valence-electron chi connectivity index (χ4n) is 1.68. The number of anilines is 2. The Bertz CT molecular complexity index is 449. The maximum absolute atomic E-state index is 11.8. The molecule has 0 aliphatic rings. The average Bonchev–Trinajstić information content (AvgIpc) is 2.43. The first-order valence-corrected chi connectivity index (χ1v) is 6.91. The lowest BCUT2D eigenvalue weighted by atomic mass is 10.0. The van der Waals surface area contributed by atoms with E-state index in [9.17, 15) is 4.79 Å². The number of esters is 1. The summed E-state index contributed by atoms with van der Waals surface area (Å²) in [5.41, 5.74) is 0.890. The van der Waals surface area contributed by atoms with Crippen LogP contribution in [-0.2, 0) is 9.53 Å². The number of carbonyl (C=O) groups excluding carboxylic acids is 1. The summed E-state index contributed by atoms with van der Waals surface area (Å²) in [4.78, 5) is 20.4. The molecule has 1 atom stereocenters. The lowest BCUT2D eigenvalue weighted by Crippen LogP contribution is -2.36. The SMILES string of the molecule is CCCNc1ncc(C)c(NC(C(=O)OC)C(C)C)n1. The van der Waals surface area contributed by atoms with Crippen molar-refractivity contribution in [2.45, 2.75) is 40.2 Å². The summed E-state index contributed by atoms with van der Waals surface area (Å²) in [5, 5.41) is 6.28. The number of carbonyl (C=O) groups is 1. The molecule has 0 aliphatic carbocycles. The van der Waals surface area contributed by atoms with Gasteiger partial charge >= 0.3 is 5.97 Å². The van der Waals surface area contributed by atoms with Gasteiger partial charge in [0.05, 0.1) is 7.11 Å². The number of methoxy groups -OCH3 is 1. The summed E-state index contributed by atoms with van der Waals surface area (Å²) >= 11 is 0. The highest BCUT2D eigenvalue weighted by molar-refractivity contribution is 5.79. The maximum atomic E-state index is 11.8. The van der Waals surface area contributed by atoms with E-state index in [2.05, 4.69) is 27.5 Å². The molecule has 0 aromatic carbocycles. The van der Waals surface area contributed by atoms with Crippen LogP contribution in [0.2, 0.25) is 0 Å². The van der Waals surface area contributed by atoms with Crippen LogP contribution in [0, 0.1) is 12.8 Å². The average molecular weight is 280 g/mol. The molecule has 6 heteroatoms. The molecule has 1 rings (SSSR count). The zero-order valence-electron chi connectivity index (χ0n) is 12.9. The van der Waals surface area contributed by atoms with Crippen LogP contribution >= 0.6 is 0 Å². The maximum Gasteiger partial charge on any atom is 0.328 e. The van der Waals surface area contributed by atoms with Crippen molar-refractivity contribution >= 4 is 17.7 Å². The number of nitrogens with one attached hydrogen (secondary N) is 2. The number of hydrogen-bond donors (Lipinski definition) is 2. The van der Waals surface area contributed by atoms with Gasteiger partial charge in [-0.2, -0.15) is 4.98 Å². The summed E-state index contributed by atoms with van der Waals surface area (Å²) in [7, 11) is 1.39. The minimum Gasteiger partial charge on any atom is -0.467 e. The normalized spacial score (nSPS) is 12.1. The molecule has 112 valence electrons. The molecule has 0 aliphatic heterocycles. The molecule has 0 saturated heterocycles. The predicted molar refractivity (Wildman–Crippen MR) is 79.8 cm³/mol. The first kappa shape index (κ1) is 16.2. The van der Waals surface area contributed by atoms with E-state index in [0.29, 0.717) is 11.8 Å². The highest BCUT2D eigenvalue weighted by atomic mass is 16.5. The van der Waals surface area contributed by atoms with E-state index >= 15 is 0 Å². The Labute approximate surface area is 120 Å². The van der Waals surface area contributed by atoms with Crippen molar-refractivity contribution in [1.82, 2.24) is 9.97 Å². The predicted octanol–water partition coefficient (Wildman–Crippen LogP) is 2.22. The van der Waals surface area contributed by atoms with E-state index < -0.39 is 6.04 Å². The Morgan fingerprint density at radius 2 is 2.15 bits per heavy atom. The first-order chi connectivity index (χ1) is 9.49. The van der Waals surface area contributed by atoms with Gasteiger partial charge < -0.3 is 15.4 Å². The number of ether oxygens (including phenoxy) is 1. The van der Waals surface area contributed by atoms with Crippen LogP contribution in [0.1, 0.15) is 32.8 Å². The lowest BCUT2D eigenvalue weighted by molar-refractivity contribution is -0.142. The van der Waals surface area contributed by atoms with E-state index in [0.717, 1.165) is 18.5 Å². The summed E-state index contributed by atoms with van der Waals surface area (Å²) < 4.78 is 4.82. The van der Waals surface area contributed by atoms with Gasteiger partial charge in [0, 0.05) is 18.3 Å². The molecule has 6 nitrogen and oxygen atoms in total. The quantitative estimate of drug-likeness (QED) is 0.746. The van der Waals surface area contributed by atoms with Gasteiger partial charge in [0.1, 0.15) is 11.9 Å². The monoisotopic (exact) mass is 280 g/mol. The van der Waals surface area contributed by atoms with Gasteiger partial charge in [-0.15, -0.1) is 0 Å². The van der Waals surface area contributed by atoms with Crippen molar-refractivity contribution < 1.29 is 9.53 Å². The molecule has 1 heterocycles. The van der Waals surface area contributed by atoms with Gasteiger partial charge in [-0.1, -0.05) is 20.8 Å². The minimum atomic E-state index is -0.423. The van der Waals surface area contributed by atoms with Crippen LogP contribution in [-0.4, -0.2) is 35.6 Å². The van der Waals surface area contributed by atoms with Gasteiger partial charge in [0.2, 0.25) is 5.95 Å². The van der Waals surface area contributed by atoms with E-state index in [1.807, 2.05) is 20.8 Å². The van der Waals surface area contributed by atoms with E-state index in [4.69, 9.17) is 4.74 Å². The fraction of sp³-hybridized carbons (Fsp3) is 0.643. The summed E-state index contributed by atoms with van der Waals surface area (Å²) in [6.45, 7) is 8.71. The van der Waals surface area contributed by atoms with Crippen LogP contribution in [0.4, 0.5) is 11.8 Å². The highest BCUT2D eigenvalue weighted by Crippen LogP contribution is 2.17. The smallest absolute Gasteiger partial charge is 0.328 e. The van der Waals surface area contributed by atoms with Gasteiger partial charge in [-0.3, -0.25) is 0 Å². The topological polar surface area (TPSA) is 76.1 Å². The number of nitrogens with zero attached hydrogens (tertiary/aromatic N) is 2. The molecule has 1 aromatic heterocycles. The zero-order chi connectivity index (χ0) is 15.1. The molecule has 1 aromatic rings. The number of rotatable bonds is 7. The van der Waals surface area contributed by atoms with E-state index in [-0.39, 0.29) is 11.9 Å².